The van der Waals surface area contributed by atoms with Gasteiger partial charge in [0.15, 0.2) is 0 Å². The highest BCUT2D eigenvalue weighted by Gasteiger charge is 2.09. The van der Waals surface area contributed by atoms with Gasteiger partial charge in [-0.1, -0.05) is 0 Å². The van der Waals surface area contributed by atoms with Crippen LogP contribution < -0.4 is 16.8 Å². The molecule has 0 atom stereocenters. The number of aromatic nitrogens is 3. The van der Waals surface area contributed by atoms with Crippen LogP contribution in [0, 0.1) is 13.8 Å². The van der Waals surface area contributed by atoms with E-state index < -0.39 is 0 Å². The van der Waals surface area contributed by atoms with Crippen molar-refractivity contribution in [1.29, 1.82) is 0 Å². The summed E-state index contributed by atoms with van der Waals surface area (Å²) in [6, 6.07) is 3.56. The summed E-state index contributed by atoms with van der Waals surface area (Å²) < 4.78 is 1.87. The first-order valence-corrected chi connectivity index (χ1v) is 5.74. The average Bonchev–Trinajstić information content (AvgIpc) is 2.56. The molecule has 5 N–H and O–H groups in total. The summed E-state index contributed by atoms with van der Waals surface area (Å²) in [6.45, 7) is 4.71. The van der Waals surface area contributed by atoms with Gasteiger partial charge in [-0.3, -0.25) is 4.68 Å². The molecule has 0 saturated carbocycles. The van der Waals surface area contributed by atoms with Crippen LogP contribution in [-0.2, 0) is 13.6 Å². The Hall–Kier alpha value is -2.24. The Kier molecular flexibility index (Phi) is 3.10. The lowest BCUT2D eigenvalue weighted by Crippen LogP contribution is -2.06. The molecule has 6 nitrogen and oxygen atoms in total. The largest absolute Gasteiger partial charge is 0.396 e. The fourth-order valence-corrected chi connectivity index (χ4v) is 1.84. The highest BCUT2D eigenvalue weighted by atomic mass is 15.3. The molecule has 0 amide bonds. The van der Waals surface area contributed by atoms with Gasteiger partial charge in [0, 0.05) is 24.8 Å². The Morgan fingerprint density at radius 3 is 2.56 bits per heavy atom. The number of aryl methyl sites for hydroxylation is 2. The second-order valence-electron chi connectivity index (χ2n) is 4.30. The maximum atomic E-state index is 5.66. The summed E-state index contributed by atoms with van der Waals surface area (Å²) in [5, 5.41) is 7.59. The molecule has 0 aliphatic heterocycles. The highest BCUT2D eigenvalue weighted by Crippen LogP contribution is 2.17. The smallest absolute Gasteiger partial charge is 0.149 e. The van der Waals surface area contributed by atoms with Crippen molar-refractivity contribution in [3.63, 3.8) is 0 Å². The molecule has 0 aliphatic rings. The number of hydrogen-bond acceptors (Lipinski definition) is 5. The van der Waals surface area contributed by atoms with Crippen LogP contribution in [0.15, 0.2) is 12.1 Å². The number of anilines is 3. The topological polar surface area (TPSA) is 94.8 Å². The van der Waals surface area contributed by atoms with Gasteiger partial charge in [-0.25, -0.2) is 4.98 Å². The van der Waals surface area contributed by atoms with Crippen LogP contribution in [0.2, 0.25) is 0 Å². The summed E-state index contributed by atoms with van der Waals surface area (Å²) >= 11 is 0. The minimum Gasteiger partial charge on any atom is -0.396 e. The molecule has 2 heterocycles. The second kappa shape index (κ2) is 4.56. The molecular formula is C12H18N6. The Morgan fingerprint density at radius 2 is 2.00 bits per heavy atom. The highest BCUT2D eigenvalue weighted by molar-refractivity contribution is 5.61. The van der Waals surface area contributed by atoms with Crippen LogP contribution in [0.5, 0.6) is 0 Å². The number of pyridine rings is 1. The zero-order chi connectivity index (χ0) is 13.3. The van der Waals surface area contributed by atoms with E-state index >= 15 is 0 Å². The Morgan fingerprint density at radius 1 is 1.28 bits per heavy atom. The van der Waals surface area contributed by atoms with E-state index in [0.717, 1.165) is 11.4 Å². The third kappa shape index (κ3) is 2.22. The lowest BCUT2D eigenvalue weighted by molar-refractivity contribution is 0.730. The molecule has 0 radical (unpaired) electrons. The summed E-state index contributed by atoms with van der Waals surface area (Å²) in [5.41, 5.74) is 15.1. The van der Waals surface area contributed by atoms with Crippen LogP contribution in [0.3, 0.4) is 0 Å². The fourth-order valence-electron chi connectivity index (χ4n) is 1.84. The molecule has 0 aliphatic carbocycles. The number of hydrogen-bond donors (Lipinski definition) is 3. The number of nitrogens with two attached hydrogens (primary N) is 2. The van der Waals surface area contributed by atoms with Crippen molar-refractivity contribution in [1.82, 2.24) is 14.8 Å². The van der Waals surface area contributed by atoms with Crippen molar-refractivity contribution in [3.05, 3.63) is 29.1 Å². The first-order chi connectivity index (χ1) is 8.49. The van der Waals surface area contributed by atoms with Gasteiger partial charge in [-0.15, -0.1) is 0 Å². The molecule has 0 unspecified atom stereocenters. The van der Waals surface area contributed by atoms with E-state index in [1.165, 1.54) is 5.56 Å². The zero-order valence-electron chi connectivity index (χ0n) is 10.9. The molecule has 0 aromatic carbocycles. The lowest BCUT2D eigenvalue weighted by Gasteiger charge is -2.07. The van der Waals surface area contributed by atoms with E-state index in [0.29, 0.717) is 23.9 Å². The monoisotopic (exact) mass is 246 g/mol. The normalized spacial score (nSPS) is 10.6. The van der Waals surface area contributed by atoms with Crippen molar-refractivity contribution in [2.24, 2.45) is 7.05 Å². The second-order valence-corrected chi connectivity index (χ2v) is 4.30. The van der Waals surface area contributed by atoms with Gasteiger partial charge in [0.05, 0.1) is 11.4 Å². The standard InChI is InChI=1S/C12H18N6/c1-7-9(8(2)18(3)17-7)6-15-11-5-4-10(13)12(14)16-11/h4-5H,6,13H2,1-3H3,(H3,14,15,16). The minimum absolute atomic E-state index is 0.347. The number of nitrogens with zero attached hydrogens (tertiary/aromatic N) is 3. The van der Waals surface area contributed by atoms with Crippen molar-refractivity contribution < 1.29 is 0 Å². The van der Waals surface area contributed by atoms with E-state index in [4.69, 9.17) is 11.5 Å². The van der Waals surface area contributed by atoms with Gasteiger partial charge in [0.2, 0.25) is 0 Å². The molecule has 0 bridgehead atoms. The van der Waals surface area contributed by atoms with E-state index in [2.05, 4.69) is 15.4 Å². The summed E-state index contributed by atoms with van der Waals surface area (Å²) in [6.07, 6.45) is 0. The quantitative estimate of drug-likeness (QED) is 0.756. The SMILES string of the molecule is Cc1nn(C)c(C)c1CNc1ccc(N)c(N)n1. The number of nitrogens with one attached hydrogen (secondary N) is 1. The Labute approximate surface area is 106 Å². The Balaban J connectivity index is 2.14. The summed E-state index contributed by atoms with van der Waals surface area (Å²) in [4.78, 5) is 4.17. The van der Waals surface area contributed by atoms with Gasteiger partial charge in [-0.05, 0) is 26.0 Å². The molecule has 0 fully saturated rings. The zero-order valence-corrected chi connectivity index (χ0v) is 10.9. The van der Waals surface area contributed by atoms with Crippen molar-refractivity contribution in [2.45, 2.75) is 20.4 Å². The first kappa shape index (κ1) is 12.2. The van der Waals surface area contributed by atoms with E-state index in [-0.39, 0.29) is 0 Å². The third-order valence-electron chi connectivity index (χ3n) is 3.06. The molecule has 18 heavy (non-hydrogen) atoms. The summed E-state index contributed by atoms with van der Waals surface area (Å²) in [7, 11) is 1.94. The molecule has 2 aromatic rings. The maximum Gasteiger partial charge on any atom is 0.149 e. The maximum absolute atomic E-state index is 5.66. The van der Waals surface area contributed by atoms with Gasteiger partial charge in [-0.2, -0.15) is 5.10 Å². The van der Waals surface area contributed by atoms with Crippen LogP contribution >= 0.6 is 0 Å². The van der Waals surface area contributed by atoms with Gasteiger partial charge in [0.25, 0.3) is 0 Å². The molecule has 2 aromatic heterocycles. The molecular weight excluding hydrogens is 228 g/mol. The summed E-state index contributed by atoms with van der Waals surface area (Å²) in [5.74, 6) is 1.06. The van der Waals surface area contributed by atoms with Crippen molar-refractivity contribution in [2.75, 3.05) is 16.8 Å². The average molecular weight is 246 g/mol. The van der Waals surface area contributed by atoms with E-state index in [1.807, 2.05) is 31.6 Å². The number of nitrogen functional groups attached to an aromatic ring is 2. The van der Waals surface area contributed by atoms with Crippen molar-refractivity contribution in [3.8, 4) is 0 Å². The predicted molar refractivity (Wildman–Crippen MR) is 73.1 cm³/mol. The number of rotatable bonds is 3. The molecule has 0 spiro atoms. The van der Waals surface area contributed by atoms with Crippen LogP contribution in [-0.4, -0.2) is 14.8 Å². The van der Waals surface area contributed by atoms with E-state index in [1.54, 1.807) is 6.07 Å². The fraction of sp³-hybridized carbons (Fsp3) is 0.333. The van der Waals surface area contributed by atoms with Gasteiger partial charge in [0.1, 0.15) is 11.6 Å². The van der Waals surface area contributed by atoms with Crippen LogP contribution in [0.25, 0.3) is 0 Å². The first-order valence-electron chi connectivity index (χ1n) is 5.74. The Bertz CT molecular complexity index is 572. The van der Waals surface area contributed by atoms with Crippen LogP contribution in [0.1, 0.15) is 17.0 Å². The van der Waals surface area contributed by atoms with E-state index in [9.17, 15) is 0 Å². The molecule has 6 heteroatoms. The minimum atomic E-state index is 0.347. The third-order valence-corrected chi connectivity index (χ3v) is 3.06. The van der Waals surface area contributed by atoms with Crippen molar-refractivity contribution >= 4 is 17.3 Å². The van der Waals surface area contributed by atoms with Gasteiger partial charge < -0.3 is 16.8 Å². The molecule has 96 valence electrons. The predicted octanol–water partition coefficient (Wildman–Crippen LogP) is 1.21. The lowest BCUT2D eigenvalue weighted by atomic mass is 10.2. The van der Waals surface area contributed by atoms with Gasteiger partial charge >= 0.3 is 0 Å². The molecule has 2 rings (SSSR count). The molecule has 0 saturated heterocycles. The van der Waals surface area contributed by atoms with Crippen LogP contribution in [0.4, 0.5) is 17.3 Å².